The van der Waals surface area contributed by atoms with Crippen molar-refractivity contribution in [2.45, 2.75) is 90.8 Å². The number of unbranched alkanes of at least 4 members (excludes halogenated alkanes) is 5. The maximum atomic E-state index is 3.98. The van der Waals surface area contributed by atoms with Gasteiger partial charge in [-0.3, -0.25) is 0 Å². The van der Waals surface area contributed by atoms with Crippen LogP contribution in [-0.4, -0.2) is 14.8 Å². The van der Waals surface area contributed by atoms with E-state index in [0.717, 1.165) is 0 Å². The third kappa shape index (κ3) is 7.99. The molecule has 0 aliphatic heterocycles. The molecule has 0 spiro atoms. The fourth-order valence-corrected chi connectivity index (χ4v) is 6.16. The Morgan fingerprint density at radius 1 is 0.706 bits per heavy atom. The van der Waals surface area contributed by atoms with Gasteiger partial charge in [-0.05, 0) is 31.1 Å². The molecule has 0 rings (SSSR count). The molecule has 0 atom stereocenters. The van der Waals surface area contributed by atoms with Crippen LogP contribution in [0.3, 0.4) is 0 Å². The van der Waals surface area contributed by atoms with Crippen LogP contribution < -0.4 is 4.98 Å². The van der Waals surface area contributed by atoms with Crippen LogP contribution >= 0.6 is 0 Å². The predicted octanol–water partition coefficient (Wildman–Crippen LogP) is 5.33. The normalized spacial score (nSPS) is 12.0. The molecule has 0 aromatic rings. The van der Waals surface area contributed by atoms with Gasteiger partial charge in [0.05, 0.1) is 0 Å². The summed E-state index contributed by atoms with van der Waals surface area (Å²) in [5.74, 6) is 0. The van der Waals surface area contributed by atoms with Gasteiger partial charge in [-0.25, -0.2) is 0 Å². The third-order valence-electron chi connectivity index (χ3n) is 4.14. The Kier molecular flexibility index (Phi) is 11.4. The Morgan fingerprint density at radius 2 is 1.29 bits per heavy atom. The molecule has 1 N–H and O–H groups in total. The molecular weight excluding hydrogens is 222 g/mol. The Balaban J connectivity index is 3.75. The molecule has 0 bridgehead atoms. The molecule has 0 aliphatic carbocycles. The van der Waals surface area contributed by atoms with Crippen molar-refractivity contribution < 1.29 is 0 Å². The predicted molar refractivity (Wildman–Crippen MR) is 83.2 cm³/mol. The number of nitrogens with one attached hydrogen (secondary N) is 1. The van der Waals surface area contributed by atoms with Crippen LogP contribution in [0.1, 0.15) is 72.6 Å². The summed E-state index contributed by atoms with van der Waals surface area (Å²) < 4.78 is 0. The lowest BCUT2D eigenvalue weighted by Crippen LogP contribution is -2.49. The molecular formula is C15H35NSi. The van der Waals surface area contributed by atoms with Crippen molar-refractivity contribution in [1.29, 1.82) is 0 Å². The van der Waals surface area contributed by atoms with E-state index in [1.54, 1.807) is 0 Å². The highest BCUT2D eigenvalue weighted by molar-refractivity contribution is 6.77. The lowest BCUT2D eigenvalue weighted by atomic mass is 10.2. The van der Waals surface area contributed by atoms with E-state index in [4.69, 9.17) is 0 Å². The van der Waals surface area contributed by atoms with Crippen molar-refractivity contribution >= 4 is 8.24 Å². The molecule has 17 heavy (non-hydrogen) atoms. The summed E-state index contributed by atoms with van der Waals surface area (Å²) in [5, 5.41) is 0. The zero-order chi connectivity index (χ0) is 13.0. The van der Waals surface area contributed by atoms with E-state index in [1.807, 2.05) is 0 Å². The van der Waals surface area contributed by atoms with Gasteiger partial charge in [0, 0.05) is 0 Å². The number of rotatable bonds is 12. The smallest absolute Gasteiger partial charge is 0.125 e. The van der Waals surface area contributed by atoms with Crippen molar-refractivity contribution in [2.24, 2.45) is 0 Å². The van der Waals surface area contributed by atoms with Gasteiger partial charge < -0.3 is 4.98 Å². The highest BCUT2D eigenvalue weighted by atomic mass is 28.3. The summed E-state index contributed by atoms with van der Waals surface area (Å²) in [6, 6.07) is 4.32. The van der Waals surface area contributed by atoms with Crippen LogP contribution in [0.25, 0.3) is 0 Å². The van der Waals surface area contributed by atoms with Crippen molar-refractivity contribution in [2.75, 3.05) is 6.54 Å². The highest BCUT2D eigenvalue weighted by Crippen LogP contribution is 2.20. The Labute approximate surface area is 111 Å². The summed E-state index contributed by atoms with van der Waals surface area (Å²) in [6.45, 7) is 10.7. The molecule has 0 saturated carbocycles. The molecule has 0 aromatic carbocycles. The van der Waals surface area contributed by atoms with E-state index >= 15 is 0 Å². The Hall–Kier alpha value is 0.177. The Morgan fingerprint density at radius 3 is 1.82 bits per heavy atom. The van der Waals surface area contributed by atoms with Crippen LogP contribution in [0, 0.1) is 0 Å². The maximum absolute atomic E-state index is 3.98. The average molecular weight is 258 g/mol. The molecule has 0 unspecified atom stereocenters. The van der Waals surface area contributed by atoms with E-state index in [2.05, 4.69) is 32.7 Å². The lowest BCUT2D eigenvalue weighted by Gasteiger charge is -2.30. The first-order valence-electron chi connectivity index (χ1n) is 7.99. The van der Waals surface area contributed by atoms with Crippen LogP contribution in [-0.2, 0) is 0 Å². The maximum Gasteiger partial charge on any atom is 0.125 e. The van der Waals surface area contributed by atoms with E-state index < -0.39 is 8.24 Å². The first-order chi connectivity index (χ1) is 8.24. The topological polar surface area (TPSA) is 12.0 Å². The van der Waals surface area contributed by atoms with Gasteiger partial charge in [-0.1, -0.05) is 66.2 Å². The zero-order valence-electron chi connectivity index (χ0n) is 12.8. The fraction of sp³-hybridized carbons (Fsp3) is 1.00. The minimum Gasteiger partial charge on any atom is -0.337 e. The summed E-state index contributed by atoms with van der Waals surface area (Å²) >= 11 is 0. The molecule has 0 aliphatic rings. The Bertz CT molecular complexity index is 155. The SMILES string of the molecule is CCCCCCCN[Si](CC)(CC)CCCC. The van der Waals surface area contributed by atoms with Crippen molar-refractivity contribution in [3.05, 3.63) is 0 Å². The molecule has 0 heterocycles. The van der Waals surface area contributed by atoms with Gasteiger partial charge in [0.15, 0.2) is 0 Å². The minimum absolute atomic E-state index is 1.08. The first-order valence-corrected chi connectivity index (χ1v) is 10.6. The van der Waals surface area contributed by atoms with Gasteiger partial charge in [0.1, 0.15) is 8.24 Å². The van der Waals surface area contributed by atoms with Crippen molar-refractivity contribution in [3.63, 3.8) is 0 Å². The molecule has 0 saturated heterocycles. The number of hydrogen-bond donors (Lipinski definition) is 1. The molecule has 104 valence electrons. The van der Waals surface area contributed by atoms with Crippen molar-refractivity contribution in [3.8, 4) is 0 Å². The first kappa shape index (κ1) is 17.2. The molecule has 0 radical (unpaired) electrons. The summed E-state index contributed by atoms with van der Waals surface area (Å²) in [5.41, 5.74) is 0. The van der Waals surface area contributed by atoms with E-state index in [-0.39, 0.29) is 0 Å². The largest absolute Gasteiger partial charge is 0.337 e. The van der Waals surface area contributed by atoms with Crippen LogP contribution in [0.5, 0.6) is 0 Å². The molecule has 1 nitrogen and oxygen atoms in total. The minimum atomic E-state index is -1.08. The van der Waals surface area contributed by atoms with Crippen LogP contribution in [0.15, 0.2) is 0 Å². The molecule has 0 amide bonds. The van der Waals surface area contributed by atoms with Gasteiger partial charge in [0.2, 0.25) is 0 Å². The van der Waals surface area contributed by atoms with E-state index in [0.29, 0.717) is 0 Å². The third-order valence-corrected chi connectivity index (χ3v) is 9.16. The number of hydrogen-bond acceptors (Lipinski definition) is 1. The second kappa shape index (κ2) is 11.3. The van der Waals surface area contributed by atoms with E-state index in [9.17, 15) is 0 Å². The second-order valence-corrected chi connectivity index (χ2v) is 10.3. The molecule has 0 aromatic heterocycles. The van der Waals surface area contributed by atoms with Gasteiger partial charge in [-0.2, -0.15) is 0 Å². The summed E-state index contributed by atoms with van der Waals surface area (Å²) in [7, 11) is -1.08. The van der Waals surface area contributed by atoms with Crippen LogP contribution in [0.2, 0.25) is 18.1 Å². The molecule has 0 fully saturated rings. The van der Waals surface area contributed by atoms with Gasteiger partial charge in [0.25, 0.3) is 0 Å². The fourth-order valence-electron chi connectivity index (χ4n) is 2.54. The monoisotopic (exact) mass is 257 g/mol. The lowest BCUT2D eigenvalue weighted by molar-refractivity contribution is 0.621. The average Bonchev–Trinajstić information content (AvgIpc) is 2.38. The zero-order valence-corrected chi connectivity index (χ0v) is 13.8. The molecule has 2 heteroatoms. The summed E-state index contributed by atoms with van der Waals surface area (Å²) in [4.78, 5) is 3.98. The van der Waals surface area contributed by atoms with Gasteiger partial charge >= 0.3 is 0 Å². The second-order valence-electron chi connectivity index (χ2n) is 5.43. The van der Waals surface area contributed by atoms with Gasteiger partial charge in [-0.15, -0.1) is 0 Å². The standard InChI is InChI=1S/C15H35NSi/c1-5-9-11-12-13-14-16-17(7-3,8-4)15-10-6-2/h16H,5-15H2,1-4H3. The quantitative estimate of drug-likeness (QED) is 0.368. The van der Waals surface area contributed by atoms with Crippen LogP contribution in [0.4, 0.5) is 0 Å². The summed E-state index contributed by atoms with van der Waals surface area (Å²) in [6.07, 6.45) is 9.80. The van der Waals surface area contributed by atoms with E-state index in [1.165, 1.54) is 69.6 Å². The van der Waals surface area contributed by atoms with Crippen molar-refractivity contribution in [1.82, 2.24) is 4.98 Å². The highest BCUT2D eigenvalue weighted by Gasteiger charge is 2.27.